The third kappa shape index (κ3) is 21.6. The highest BCUT2D eigenvalue weighted by molar-refractivity contribution is 6.00. The molecule has 6 unspecified atom stereocenters. The van der Waals surface area contributed by atoms with Gasteiger partial charge in [-0.1, -0.05) is 48.5 Å². The predicted octanol–water partition coefficient (Wildman–Crippen LogP) is 0.0312. The van der Waals surface area contributed by atoms with E-state index in [4.69, 9.17) is 24.1 Å². The third-order valence-corrected chi connectivity index (χ3v) is 13.2. The smallest absolute Gasteiger partial charge is 0.326 e. The Hall–Kier alpha value is -10.5. The molecule has 4 aromatic carbocycles. The molecule has 31 heteroatoms. The van der Waals surface area contributed by atoms with Crippen LogP contribution >= 0.6 is 0 Å². The van der Waals surface area contributed by atoms with Gasteiger partial charge >= 0.3 is 53.7 Å². The van der Waals surface area contributed by atoms with E-state index in [9.17, 15) is 97.8 Å². The molecule has 0 aliphatic heterocycles. The molecule has 12 N–H and O–H groups in total. The van der Waals surface area contributed by atoms with Crippen molar-refractivity contribution >= 4 is 105 Å². The van der Waals surface area contributed by atoms with Crippen LogP contribution in [0.1, 0.15) is 75.3 Å². The van der Waals surface area contributed by atoms with Crippen LogP contribution < -0.4 is 36.1 Å². The van der Waals surface area contributed by atoms with E-state index in [0.717, 1.165) is 26.4 Å². The maximum absolute atomic E-state index is 14.3. The molecule has 31 nitrogen and oxygen atoms in total. The van der Waals surface area contributed by atoms with Gasteiger partial charge in [-0.3, -0.25) is 67.2 Å². The van der Waals surface area contributed by atoms with Gasteiger partial charge in [0.1, 0.15) is 54.9 Å². The number of methoxy groups -OCH3 is 2. The first-order chi connectivity index (χ1) is 41.0. The number of esters is 2. The van der Waals surface area contributed by atoms with Crippen molar-refractivity contribution in [3.05, 3.63) is 83.9 Å². The summed E-state index contributed by atoms with van der Waals surface area (Å²) in [6.07, 6.45) is -7.83. The van der Waals surface area contributed by atoms with Crippen molar-refractivity contribution < 1.29 is 122 Å². The normalized spacial score (nSPS) is 13.8. The van der Waals surface area contributed by atoms with E-state index in [2.05, 4.69) is 5.32 Å². The minimum absolute atomic E-state index is 0.473. The standard InChI is InChI=1S/C56H64N6O25/c1-27(29-5-7-33-19-35(84-3)11-9-31(33)17-29)55(82)86-15-13-62(14-16-87-56(83)28(2)30-6-8-34-20-36(85-4)12-10-32(34)18-30)42(26-48(73)74)53(79)60-40(24-46(69)70)51(77)58-38(22-44(65)66)49(75)57-37(21-43(63)64)50(76)59-39(23-45(67)68)52(78)61-41(54(80)81)25-47(71)72/h5-12,17-20,27-28,37-42H,13-16,21-26H2,1-4H3,(H,57,75)(H,58,77)(H,59,76)(H,60,79)(H,61,78)(H,63,64)(H,65,66)(H,67,68)(H,69,70)(H,71,72)(H,73,74)(H,80,81)/t27-,28-,37?,38?,39?,40?,41?,42?/m0/s1. The van der Waals surface area contributed by atoms with E-state index in [1.54, 1.807) is 97.3 Å². The number of hydrogen-bond donors (Lipinski definition) is 12. The number of rotatable bonds is 36. The maximum atomic E-state index is 14.3. The SMILES string of the molecule is COc1ccc2cc([C@H](C)C(=O)OCCN(CCOC(=O)[C@@H](C)c3ccc4cc(OC)ccc4c3)C(CC(=O)O)C(=O)NC(CC(=O)O)C(=O)NC(CC(=O)O)C(=O)NC(CC(=O)O)C(=O)NC(CC(=O)O)C(=O)NC(CC(=O)O)C(=O)O)ccc2c1. The molecule has 4 rings (SSSR count). The zero-order chi connectivity index (χ0) is 64.8. The van der Waals surface area contributed by atoms with Crippen LogP contribution in [0.2, 0.25) is 0 Å². The lowest BCUT2D eigenvalue weighted by molar-refractivity contribution is -0.149. The third-order valence-electron chi connectivity index (χ3n) is 13.2. The molecule has 0 aliphatic carbocycles. The number of carboxylic acids is 7. The average molecular weight is 1220 g/mol. The van der Waals surface area contributed by atoms with Crippen LogP contribution in [0.3, 0.4) is 0 Å². The number of carbonyl (C=O) groups excluding carboxylic acids is 7. The minimum Gasteiger partial charge on any atom is -0.497 e. The molecule has 8 atom stereocenters. The molecule has 4 aromatic rings. The van der Waals surface area contributed by atoms with Gasteiger partial charge in [0.05, 0.1) is 70.6 Å². The van der Waals surface area contributed by atoms with Crippen molar-refractivity contribution in [2.75, 3.05) is 40.5 Å². The Kier molecular flexibility index (Phi) is 25.8. The Morgan fingerprint density at radius 2 is 0.678 bits per heavy atom. The second-order valence-electron chi connectivity index (χ2n) is 19.5. The highest BCUT2D eigenvalue weighted by atomic mass is 16.5. The number of ether oxygens (including phenoxy) is 4. The van der Waals surface area contributed by atoms with E-state index in [1.165, 1.54) is 14.2 Å². The molecule has 5 amide bonds. The first-order valence-electron chi connectivity index (χ1n) is 26.3. The number of nitrogens with one attached hydrogen (secondary N) is 5. The van der Waals surface area contributed by atoms with Gasteiger partial charge in [0.15, 0.2) is 0 Å². The Balaban J connectivity index is 1.61. The molecule has 468 valence electrons. The first-order valence-corrected chi connectivity index (χ1v) is 26.3. The molecule has 0 aromatic heterocycles. The number of carbonyl (C=O) groups is 14. The number of hydrogen-bond acceptors (Lipinski definition) is 19. The molecule has 0 spiro atoms. The summed E-state index contributed by atoms with van der Waals surface area (Å²) in [7, 11) is 3.01. The summed E-state index contributed by atoms with van der Waals surface area (Å²) in [5, 5.41) is 79.4. The molecule has 87 heavy (non-hydrogen) atoms. The van der Waals surface area contributed by atoms with Crippen molar-refractivity contribution in [1.82, 2.24) is 31.5 Å². The second kappa shape index (κ2) is 32.6. The largest absolute Gasteiger partial charge is 0.497 e. The van der Waals surface area contributed by atoms with E-state index < -0.39 is 196 Å². The highest BCUT2D eigenvalue weighted by Gasteiger charge is 2.38. The fraction of sp³-hybridized carbons (Fsp3) is 0.393. The summed E-state index contributed by atoms with van der Waals surface area (Å²) in [6.45, 7) is 1.08. The topological polar surface area (TPSA) is 481 Å². The van der Waals surface area contributed by atoms with Crippen molar-refractivity contribution in [2.24, 2.45) is 0 Å². The van der Waals surface area contributed by atoms with Gasteiger partial charge in [0.2, 0.25) is 29.5 Å². The molecular weight excluding hydrogens is 1160 g/mol. The monoisotopic (exact) mass is 1220 g/mol. The lowest BCUT2D eigenvalue weighted by Crippen LogP contribution is -2.60. The maximum Gasteiger partial charge on any atom is 0.326 e. The van der Waals surface area contributed by atoms with Gasteiger partial charge in [-0.25, -0.2) is 4.79 Å². The van der Waals surface area contributed by atoms with Crippen LogP contribution in [0.25, 0.3) is 21.5 Å². The quantitative estimate of drug-likeness (QED) is 0.0267. The zero-order valence-electron chi connectivity index (χ0n) is 47.0. The number of nitrogens with zero attached hydrogens (tertiary/aromatic N) is 1. The molecule has 0 saturated carbocycles. The first kappa shape index (κ1) is 69.0. The number of aliphatic carboxylic acids is 7. The Morgan fingerprint density at radius 1 is 0.391 bits per heavy atom. The van der Waals surface area contributed by atoms with Gasteiger partial charge in [-0.15, -0.1) is 0 Å². The Labute approximate surface area is 493 Å². The van der Waals surface area contributed by atoms with Gasteiger partial charge in [0, 0.05) is 13.1 Å². The lowest BCUT2D eigenvalue weighted by Gasteiger charge is -2.31. The van der Waals surface area contributed by atoms with Crippen LogP contribution in [-0.4, -0.2) is 201 Å². The predicted molar refractivity (Wildman–Crippen MR) is 296 cm³/mol. The zero-order valence-corrected chi connectivity index (χ0v) is 47.0. The summed E-state index contributed by atoms with van der Waals surface area (Å²) in [6, 6.07) is 7.58. The minimum atomic E-state index is -2.38. The number of amides is 5. The molecule has 0 heterocycles. The van der Waals surface area contributed by atoms with Crippen molar-refractivity contribution in [1.29, 1.82) is 0 Å². The van der Waals surface area contributed by atoms with Crippen molar-refractivity contribution in [2.45, 2.75) is 100 Å². The van der Waals surface area contributed by atoms with Gasteiger partial charge in [-0.05, 0) is 70.8 Å². The average Bonchev–Trinajstić information content (AvgIpc) is 2.02. The van der Waals surface area contributed by atoms with Crippen LogP contribution in [0.4, 0.5) is 0 Å². The van der Waals surface area contributed by atoms with Crippen LogP contribution in [-0.2, 0) is 76.6 Å². The molecular formula is C56H64N6O25. The number of carboxylic acid groups (broad SMARTS) is 7. The van der Waals surface area contributed by atoms with Gasteiger partial charge in [0.25, 0.3) is 0 Å². The van der Waals surface area contributed by atoms with Gasteiger partial charge in [-0.2, -0.15) is 0 Å². The fourth-order valence-electron chi connectivity index (χ4n) is 8.57. The van der Waals surface area contributed by atoms with E-state index in [0.29, 0.717) is 22.6 Å². The lowest BCUT2D eigenvalue weighted by atomic mass is 9.98. The summed E-state index contributed by atoms with van der Waals surface area (Å²) in [5.41, 5.74) is 1.08. The second-order valence-corrected chi connectivity index (χ2v) is 19.5. The fourth-order valence-corrected chi connectivity index (χ4v) is 8.57. The highest BCUT2D eigenvalue weighted by Crippen LogP contribution is 2.28. The number of fused-ring (bicyclic) bond motifs is 2. The van der Waals surface area contributed by atoms with Gasteiger partial charge < -0.3 is 81.3 Å². The van der Waals surface area contributed by atoms with E-state index in [-0.39, 0.29) is 0 Å². The van der Waals surface area contributed by atoms with Crippen LogP contribution in [0, 0.1) is 0 Å². The van der Waals surface area contributed by atoms with Crippen LogP contribution in [0.5, 0.6) is 11.5 Å². The summed E-state index contributed by atoms with van der Waals surface area (Å²) < 4.78 is 21.7. The molecule has 0 radical (unpaired) electrons. The number of benzene rings is 4. The molecule has 0 bridgehead atoms. The molecule has 0 saturated heterocycles. The summed E-state index contributed by atoms with van der Waals surface area (Å²) >= 11 is 0. The van der Waals surface area contributed by atoms with Crippen LogP contribution in [0.15, 0.2) is 72.8 Å². The molecule has 0 aliphatic rings. The van der Waals surface area contributed by atoms with Crippen molar-refractivity contribution in [3.8, 4) is 11.5 Å². The Bertz CT molecular complexity index is 3170. The summed E-state index contributed by atoms with van der Waals surface area (Å²) in [5.74, 6) is -22.7. The van der Waals surface area contributed by atoms with E-state index in [1.807, 2.05) is 10.6 Å². The van der Waals surface area contributed by atoms with Crippen molar-refractivity contribution in [3.63, 3.8) is 0 Å². The Morgan fingerprint density at radius 3 is 0.989 bits per heavy atom. The summed E-state index contributed by atoms with van der Waals surface area (Å²) in [4.78, 5) is 179. The van der Waals surface area contributed by atoms with E-state index >= 15 is 0 Å². The molecule has 0 fully saturated rings.